The summed E-state index contributed by atoms with van der Waals surface area (Å²) in [5.41, 5.74) is 5.81. The quantitative estimate of drug-likeness (QED) is 0.656. The minimum Gasteiger partial charge on any atom is -0.322 e. The highest BCUT2D eigenvalue weighted by Crippen LogP contribution is 2.03. The number of carbonyl (C=O) groups is 1. The molecule has 5 heteroatoms. The van der Waals surface area contributed by atoms with Crippen molar-refractivity contribution in [2.24, 2.45) is 5.73 Å². The molecule has 0 saturated heterocycles. The number of aryl methyl sites for hydroxylation is 1. The Bertz CT molecular complexity index is 268. The van der Waals surface area contributed by atoms with Crippen molar-refractivity contribution in [3.63, 3.8) is 0 Å². The van der Waals surface area contributed by atoms with E-state index >= 15 is 0 Å². The molecule has 0 aliphatic carbocycles. The second kappa shape index (κ2) is 3.87. The van der Waals surface area contributed by atoms with Gasteiger partial charge in [-0.1, -0.05) is 0 Å². The highest BCUT2D eigenvalue weighted by molar-refractivity contribution is 5.91. The standard InChI is InChI=1S/C7H12N4O/c1-2-11-5-6(4-9-11)10-7(12)3-8/h4-5H,2-3,8H2,1H3,(H,10,12). The number of rotatable bonds is 3. The van der Waals surface area contributed by atoms with Gasteiger partial charge in [-0.25, -0.2) is 0 Å². The van der Waals surface area contributed by atoms with Crippen LogP contribution < -0.4 is 11.1 Å². The van der Waals surface area contributed by atoms with E-state index in [-0.39, 0.29) is 12.5 Å². The smallest absolute Gasteiger partial charge is 0.238 e. The van der Waals surface area contributed by atoms with E-state index in [1.54, 1.807) is 17.1 Å². The Morgan fingerprint density at radius 2 is 2.58 bits per heavy atom. The van der Waals surface area contributed by atoms with Gasteiger partial charge in [-0.3, -0.25) is 9.48 Å². The van der Waals surface area contributed by atoms with E-state index in [2.05, 4.69) is 10.4 Å². The number of anilines is 1. The Balaban J connectivity index is 2.58. The molecule has 0 aromatic carbocycles. The van der Waals surface area contributed by atoms with Crippen molar-refractivity contribution < 1.29 is 4.79 Å². The summed E-state index contributed by atoms with van der Waals surface area (Å²) in [6.45, 7) is 2.76. The summed E-state index contributed by atoms with van der Waals surface area (Å²) in [6, 6.07) is 0. The van der Waals surface area contributed by atoms with E-state index in [0.717, 1.165) is 6.54 Å². The molecule has 0 bridgehead atoms. The topological polar surface area (TPSA) is 72.9 Å². The van der Waals surface area contributed by atoms with Gasteiger partial charge in [-0.15, -0.1) is 0 Å². The molecule has 1 aromatic rings. The Labute approximate surface area is 70.5 Å². The maximum absolute atomic E-state index is 10.8. The average Bonchev–Trinajstić information content (AvgIpc) is 2.52. The monoisotopic (exact) mass is 168 g/mol. The van der Waals surface area contributed by atoms with Crippen molar-refractivity contribution in [3.05, 3.63) is 12.4 Å². The first kappa shape index (κ1) is 8.73. The van der Waals surface area contributed by atoms with Crippen LogP contribution in [0.2, 0.25) is 0 Å². The molecule has 5 nitrogen and oxygen atoms in total. The van der Waals surface area contributed by atoms with Gasteiger partial charge in [0.1, 0.15) is 0 Å². The van der Waals surface area contributed by atoms with Crippen LogP contribution in [0.5, 0.6) is 0 Å². The first-order valence-corrected chi connectivity index (χ1v) is 3.78. The van der Waals surface area contributed by atoms with Gasteiger partial charge in [0.15, 0.2) is 0 Å². The third-order valence-electron chi connectivity index (χ3n) is 1.43. The molecule has 0 saturated carbocycles. The van der Waals surface area contributed by atoms with Gasteiger partial charge >= 0.3 is 0 Å². The van der Waals surface area contributed by atoms with Gasteiger partial charge in [0.2, 0.25) is 5.91 Å². The molecule has 66 valence electrons. The van der Waals surface area contributed by atoms with E-state index < -0.39 is 0 Å². The lowest BCUT2D eigenvalue weighted by Crippen LogP contribution is -2.21. The predicted octanol–water partition coefficient (Wildman–Crippen LogP) is -0.200. The zero-order valence-corrected chi connectivity index (χ0v) is 6.95. The van der Waals surface area contributed by atoms with Crippen LogP contribution >= 0.6 is 0 Å². The molecule has 3 N–H and O–H groups in total. The molecule has 1 amide bonds. The number of nitrogens with one attached hydrogen (secondary N) is 1. The number of nitrogens with two attached hydrogens (primary N) is 1. The highest BCUT2D eigenvalue weighted by Gasteiger charge is 2.00. The summed E-state index contributed by atoms with van der Waals surface area (Å²) in [5.74, 6) is -0.203. The molecule has 0 fully saturated rings. The molecule has 1 aromatic heterocycles. The van der Waals surface area contributed by atoms with Crippen LogP contribution in [0.15, 0.2) is 12.4 Å². The third-order valence-corrected chi connectivity index (χ3v) is 1.43. The first-order valence-electron chi connectivity index (χ1n) is 3.78. The van der Waals surface area contributed by atoms with Gasteiger partial charge in [-0.2, -0.15) is 5.10 Å². The largest absolute Gasteiger partial charge is 0.322 e. The van der Waals surface area contributed by atoms with Crippen molar-refractivity contribution in [1.82, 2.24) is 9.78 Å². The zero-order chi connectivity index (χ0) is 8.97. The number of aromatic nitrogens is 2. The van der Waals surface area contributed by atoms with Crippen LogP contribution in [0.3, 0.4) is 0 Å². The van der Waals surface area contributed by atoms with Crippen molar-refractivity contribution in [2.75, 3.05) is 11.9 Å². The molecule has 0 radical (unpaired) electrons. The molecule has 0 aliphatic rings. The lowest BCUT2D eigenvalue weighted by Gasteiger charge is -1.97. The molecule has 1 rings (SSSR count). The van der Waals surface area contributed by atoms with Crippen molar-refractivity contribution in [1.29, 1.82) is 0 Å². The normalized spacial score (nSPS) is 9.83. The fraction of sp³-hybridized carbons (Fsp3) is 0.429. The number of carbonyl (C=O) groups excluding carboxylic acids is 1. The Morgan fingerprint density at radius 3 is 3.08 bits per heavy atom. The molecular weight excluding hydrogens is 156 g/mol. The van der Waals surface area contributed by atoms with E-state index in [9.17, 15) is 4.79 Å². The predicted molar refractivity (Wildman–Crippen MR) is 45.6 cm³/mol. The van der Waals surface area contributed by atoms with Gasteiger partial charge in [-0.05, 0) is 6.92 Å². The molecule has 0 spiro atoms. The second-order valence-electron chi connectivity index (χ2n) is 2.34. The summed E-state index contributed by atoms with van der Waals surface area (Å²) in [4.78, 5) is 10.8. The summed E-state index contributed by atoms with van der Waals surface area (Å²) >= 11 is 0. The summed E-state index contributed by atoms with van der Waals surface area (Å²) in [6.07, 6.45) is 3.35. The minimum absolute atomic E-state index is 0.00267. The Kier molecular flexibility index (Phi) is 2.82. The second-order valence-corrected chi connectivity index (χ2v) is 2.34. The van der Waals surface area contributed by atoms with Crippen LogP contribution in [0, 0.1) is 0 Å². The van der Waals surface area contributed by atoms with Crippen molar-refractivity contribution in [3.8, 4) is 0 Å². The van der Waals surface area contributed by atoms with E-state index in [1.165, 1.54) is 0 Å². The van der Waals surface area contributed by atoms with Gasteiger partial charge in [0.25, 0.3) is 0 Å². The maximum atomic E-state index is 10.8. The van der Waals surface area contributed by atoms with Crippen LogP contribution in [0.1, 0.15) is 6.92 Å². The average molecular weight is 168 g/mol. The fourth-order valence-corrected chi connectivity index (χ4v) is 0.813. The van der Waals surface area contributed by atoms with Crippen molar-refractivity contribution >= 4 is 11.6 Å². The van der Waals surface area contributed by atoms with Gasteiger partial charge < -0.3 is 11.1 Å². The maximum Gasteiger partial charge on any atom is 0.238 e. The van der Waals surface area contributed by atoms with Crippen LogP contribution in [-0.4, -0.2) is 22.2 Å². The van der Waals surface area contributed by atoms with E-state index in [0.29, 0.717) is 5.69 Å². The molecule has 0 aliphatic heterocycles. The molecular formula is C7H12N4O. The third kappa shape index (κ3) is 2.06. The van der Waals surface area contributed by atoms with Crippen LogP contribution in [-0.2, 0) is 11.3 Å². The summed E-state index contributed by atoms with van der Waals surface area (Å²) in [5, 5.41) is 6.58. The van der Waals surface area contributed by atoms with Gasteiger partial charge in [0, 0.05) is 12.7 Å². The minimum atomic E-state index is -0.203. The van der Waals surface area contributed by atoms with Gasteiger partial charge in [0.05, 0.1) is 18.4 Å². The molecule has 1 heterocycles. The molecule has 12 heavy (non-hydrogen) atoms. The number of nitrogens with zero attached hydrogens (tertiary/aromatic N) is 2. The number of hydrogen-bond acceptors (Lipinski definition) is 3. The van der Waals surface area contributed by atoms with Crippen LogP contribution in [0.25, 0.3) is 0 Å². The number of hydrogen-bond donors (Lipinski definition) is 2. The molecule has 0 atom stereocenters. The molecule has 0 unspecified atom stereocenters. The number of amides is 1. The Hall–Kier alpha value is -1.36. The zero-order valence-electron chi connectivity index (χ0n) is 6.95. The van der Waals surface area contributed by atoms with E-state index in [4.69, 9.17) is 5.73 Å². The fourth-order valence-electron chi connectivity index (χ4n) is 0.813. The SMILES string of the molecule is CCn1cc(NC(=O)CN)cn1. The lowest BCUT2D eigenvalue weighted by atomic mass is 10.5. The highest BCUT2D eigenvalue weighted by atomic mass is 16.1. The first-order chi connectivity index (χ1) is 5.76. The lowest BCUT2D eigenvalue weighted by molar-refractivity contribution is -0.114. The van der Waals surface area contributed by atoms with E-state index in [1.807, 2.05) is 6.92 Å². The Morgan fingerprint density at radius 1 is 1.83 bits per heavy atom. The van der Waals surface area contributed by atoms with Crippen LogP contribution in [0.4, 0.5) is 5.69 Å². The summed E-state index contributed by atoms with van der Waals surface area (Å²) in [7, 11) is 0. The summed E-state index contributed by atoms with van der Waals surface area (Å²) < 4.78 is 1.73. The van der Waals surface area contributed by atoms with Crippen molar-refractivity contribution in [2.45, 2.75) is 13.5 Å².